The van der Waals surface area contributed by atoms with Gasteiger partial charge in [0.15, 0.2) is 6.04 Å². The Bertz CT molecular complexity index is 626. The summed E-state index contributed by atoms with van der Waals surface area (Å²) in [6, 6.07) is 15.0. The number of rotatable bonds is 6. The van der Waals surface area contributed by atoms with E-state index in [2.05, 4.69) is 5.32 Å². The summed E-state index contributed by atoms with van der Waals surface area (Å²) in [5, 5.41) is 21.1. The number of aliphatic hydroxyl groups is 1. The van der Waals surface area contributed by atoms with Crippen LogP contribution in [0.3, 0.4) is 0 Å². The predicted octanol–water partition coefficient (Wildman–Crippen LogP) is 2.99. The molecule has 0 aliphatic heterocycles. The molecule has 3 nitrogen and oxygen atoms in total. The molecule has 0 aliphatic carbocycles. The first-order chi connectivity index (χ1) is 10.6. The Morgan fingerprint density at radius 3 is 2.09 bits per heavy atom. The molecule has 0 aliphatic rings. The van der Waals surface area contributed by atoms with E-state index in [1.54, 1.807) is 42.5 Å². The Morgan fingerprint density at radius 2 is 1.59 bits per heavy atom. The average Bonchev–Trinajstić information content (AvgIpc) is 2.57. The van der Waals surface area contributed by atoms with E-state index >= 15 is 0 Å². The summed E-state index contributed by atoms with van der Waals surface area (Å²) in [5.41, 5.74) is 0.410. The van der Waals surface area contributed by atoms with Crippen LogP contribution in [0.25, 0.3) is 0 Å². The van der Waals surface area contributed by atoms with Gasteiger partial charge in [-0.25, -0.2) is 0 Å². The maximum absolute atomic E-state index is 14.5. The van der Waals surface area contributed by atoms with Gasteiger partial charge in [-0.3, -0.25) is 5.32 Å². The monoisotopic (exact) mass is 302 g/mol. The molecular weight excluding hydrogens is 286 g/mol. The van der Waals surface area contributed by atoms with Crippen molar-refractivity contribution >= 4 is 0 Å². The minimum Gasteiger partial charge on any atom is -0.394 e. The number of alkyl halides is 2. The Kier molecular flexibility index (Phi) is 5.21. The molecule has 2 rings (SSSR count). The quantitative estimate of drug-likeness (QED) is 0.862. The molecule has 22 heavy (non-hydrogen) atoms. The first kappa shape index (κ1) is 16.1. The zero-order valence-electron chi connectivity index (χ0n) is 11.8. The number of aliphatic hydroxyl groups excluding tert-OH is 1. The third-order valence-corrected chi connectivity index (χ3v) is 3.40. The van der Waals surface area contributed by atoms with Crippen molar-refractivity contribution in [1.29, 1.82) is 5.26 Å². The molecule has 2 aromatic carbocycles. The van der Waals surface area contributed by atoms with Crippen molar-refractivity contribution in [1.82, 2.24) is 5.32 Å². The second-order valence-electron chi connectivity index (χ2n) is 4.86. The second kappa shape index (κ2) is 7.12. The highest BCUT2D eigenvalue weighted by molar-refractivity contribution is 5.26. The zero-order chi connectivity index (χ0) is 16.0. The molecule has 0 unspecified atom stereocenters. The maximum atomic E-state index is 14.5. The van der Waals surface area contributed by atoms with Gasteiger partial charge in [-0.2, -0.15) is 14.0 Å². The average molecular weight is 302 g/mol. The topological polar surface area (TPSA) is 56.0 Å². The van der Waals surface area contributed by atoms with Gasteiger partial charge < -0.3 is 5.11 Å². The van der Waals surface area contributed by atoms with Crippen molar-refractivity contribution in [2.75, 3.05) is 6.61 Å². The number of benzene rings is 2. The van der Waals surface area contributed by atoms with Gasteiger partial charge in [-0.15, -0.1) is 0 Å². The molecule has 0 heterocycles. The molecule has 2 N–H and O–H groups in total. The number of hydrogen-bond donors (Lipinski definition) is 2. The zero-order valence-corrected chi connectivity index (χ0v) is 11.8. The number of nitrogens with zero attached hydrogens (tertiary/aromatic N) is 1. The van der Waals surface area contributed by atoms with Crippen molar-refractivity contribution in [3.63, 3.8) is 0 Å². The first-order valence-electron chi connectivity index (χ1n) is 6.84. The molecule has 2 aromatic rings. The van der Waals surface area contributed by atoms with Gasteiger partial charge in [0.1, 0.15) is 0 Å². The van der Waals surface area contributed by atoms with Crippen LogP contribution in [0.15, 0.2) is 60.7 Å². The lowest BCUT2D eigenvalue weighted by atomic mass is 9.99. The normalized spacial score (nSPS) is 14.1. The van der Waals surface area contributed by atoms with Crippen LogP contribution in [0.4, 0.5) is 8.78 Å². The van der Waals surface area contributed by atoms with E-state index in [9.17, 15) is 13.9 Å². The molecular formula is C17H16F2N2O. The van der Waals surface area contributed by atoms with Gasteiger partial charge in [0, 0.05) is 5.56 Å². The van der Waals surface area contributed by atoms with Crippen LogP contribution >= 0.6 is 0 Å². The van der Waals surface area contributed by atoms with Crippen molar-refractivity contribution < 1.29 is 13.9 Å². The number of nitrogens with one attached hydrogen (secondary N) is 1. The summed E-state index contributed by atoms with van der Waals surface area (Å²) >= 11 is 0. The third-order valence-electron chi connectivity index (χ3n) is 3.40. The predicted molar refractivity (Wildman–Crippen MR) is 79.1 cm³/mol. The second-order valence-corrected chi connectivity index (χ2v) is 4.86. The van der Waals surface area contributed by atoms with Gasteiger partial charge >= 0.3 is 5.92 Å². The summed E-state index contributed by atoms with van der Waals surface area (Å²) in [7, 11) is 0. The minimum atomic E-state index is -3.36. The van der Waals surface area contributed by atoms with E-state index in [0.717, 1.165) is 0 Å². The third kappa shape index (κ3) is 3.48. The van der Waals surface area contributed by atoms with E-state index in [4.69, 9.17) is 5.26 Å². The van der Waals surface area contributed by atoms with Crippen molar-refractivity contribution in [2.24, 2.45) is 0 Å². The molecule has 0 radical (unpaired) electrons. The summed E-state index contributed by atoms with van der Waals surface area (Å²) in [4.78, 5) is 0. The molecule has 2 atom stereocenters. The van der Waals surface area contributed by atoms with E-state index in [-0.39, 0.29) is 12.2 Å². The van der Waals surface area contributed by atoms with Gasteiger partial charge in [-0.1, -0.05) is 60.7 Å². The fourth-order valence-corrected chi connectivity index (χ4v) is 2.19. The number of hydrogen-bond acceptors (Lipinski definition) is 3. The van der Waals surface area contributed by atoms with E-state index in [0.29, 0.717) is 5.56 Å². The molecule has 0 fully saturated rings. The smallest absolute Gasteiger partial charge is 0.301 e. The summed E-state index contributed by atoms with van der Waals surface area (Å²) in [5.74, 6) is -3.36. The van der Waals surface area contributed by atoms with Crippen LogP contribution in [-0.2, 0) is 5.92 Å². The van der Waals surface area contributed by atoms with E-state index in [1.165, 1.54) is 24.3 Å². The van der Waals surface area contributed by atoms with Crippen LogP contribution in [-0.4, -0.2) is 17.8 Å². The fraction of sp³-hybridized carbons (Fsp3) is 0.235. The number of halogens is 2. The summed E-state index contributed by atoms with van der Waals surface area (Å²) < 4.78 is 28.9. The van der Waals surface area contributed by atoms with Gasteiger partial charge in [0.25, 0.3) is 0 Å². The molecule has 0 saturated carbocycles. The van der Waals surface area contributed by atoms with Crippen LogP contribution in [0.2, 0.25) is 0 Å². The molecule has 0 spiro atoms. The van der Waals surface area contributed by atoms with Crippen molar-refractivity contribution in [3.05, 3.63) is 71.8 Å². The molecule has 0 aromatic heterocycles. The molecule has 5 heteroatoms. The lowest BCUT2D eigenvalue weighted by Gasteiger charge is -2.27. The number of nitriles is 1. The Labute approximate surface area is 127 Å². The van der Waals surface area contributed by atoms with E-state index < -0.39 is 18.0 Å². The van der Waals surface area contributed by atoms with Gasteiger partial charge in [-0.05, 0) is 5.56 Å². The van der Waals surface area contributed by atoms with Crippen LogP contribution in [0.1, 0.15) is 17.2 Å². The minimum absolute atomic E-state index is 0.237. The summed E-state index contributed by atoms with van der Waals surface area (Å²) in [6.45, 7) is -0.382. The van der Waals surface area contributed by atoms with E-state index in [1.807, 2.05) is 0 Å². The fourth-order valence-electron chi connectivity index (χ4n) is 2.19. The lowest BCUT2D eigenvalue weighted by molar-refractivity contribution is -0.0309. The van der Waals surface area contributed by atoms with Gasteiger partial charge in [0.2, 0.25) is 0 Å². The maximum Gasteiger partial charge on any atom is 0.301 e. The Morgan fingerprint density at radius 1 is 1.05 bits per heavy atom. The van der Waals surface area contributed by atoms with Gasteiger partial charge in [0.05, 0.1) is 18.7 Å². The van der Waals surface area contributed by atoms with Crippen molar-refractivity contribution in [2.45, 2.75) is 18.0 Å². The summed E-state index contributed by atoms with van der Waals surface area (Å²) in [6.07, 6.45) is 0. The van der Waals surface area contributed by atoms with Crippen LogP contribution in [0, 0.1) is 11.3 Å². The highest BCUT2D eigenvalue weighted by Crippen LogP contribution is 2.32. The highest BCUT2D eigenvalue weighted by Gasteiger charge is 2.42. The van der Waals surface area contributed by atoms with Crippen molar-refractivity contribution in [3.8, 4) is 6.07 Å². The molecule has 114 valence electrons. The molecule has 0 bridgehead atoms. The van der Waals surface area contributed by atoms with Crippen LogP contribution in [0.5, 0.6) is 0 Å². The highest BCUT2D eigenvalue weighted by atomic mass is 19.3. The SMILES string of the molecule is N#C[C@H](N[C@H](CO)c1ccccc1)C(F)(F)c1ccccc1. The first-order valence-corrected chi connectivity index (χ1v) is 6.84. The Hall–Kier alpha value is -2.29. The largest absolute Gasteiger partial charge is 0.394 e. The Balaban J connectivity index is 2.23. The standard InChI is InChI=1S/C17H16F2N2O/c18-17(19,14-9-5-2-6-10-14)16(11-20)21-15(12-22)13-7-3-1-4-8-13/h1-10,15-16,21-22H,12H2/t15-,16+/m1/s1. The molecule has 0 saturated heterocycles. The van der Waals surface area contributed by atoms with Crippen LogP contribution < -0.4 is 5.32 Å². The molecule has 0 amide bonds. The lowest BCUT2D eigenvalue weighted by Crippen LogP contribution is -2.44.